The first-order valence-corrected chi connectivity index (χ1v) is 11.7. The van der Waals surface area contributed by atoms with Gasteiger partial charge in [0.1, 0.15) is 6.54 Å². The molecule has 1 saturated heterocycles. The van der Waals surface area contributed by atoms with Crippen LogP contribution in [-0.4, -0.2) is 71.3 Å². The summed E-state index contributed by atoms with van der Waals surface area (Å²) in [7, 11) is 0. The van der Waals surface area contributed by atoms with Crippen molar-refractivity contribution in [3.05, 3.63) is 60.6 Å². The van der Waals surface area contributed by atoms with E-state index in [-0.39, 0.29) is 24.0 Å². The van der Waals surface area contributed by atoms with Gasteiger partial charge >= 0.3 is 0 Å². The van der Waals surface area contributed by atoms with Crippen molar-refractivity contribution in [3.8, 4) is 0 Å². The van der Waals surface area contributed by atoms with Gasteiger partial charge in [-0.3, -0.25) is 9.30 Å². The minimum absolute atomic E-state index is 0. The Kier molecular flexibility index (Phi) is 10.2. The topological polar surface area (TPSA) is 73.1 Å². The van der Waals surface area contributed by atoms with Gasteiger partial charge in [-0.2, -0.15) is 0 Å². The zero-order valence-electron chi connectivity index (χ0n) is 19.4. The fourth-order valence-electron chi connectivity index (χ4n) is 4.03. The summed E-state index contributed by atoms with van der Waals surface area (Å²) in [5.74, 6) is 1.67. The molecule has 0 amide bonds. The van der Waals surface area contributed by atoms with Gasteiger partial charge in [-0.25, -0.2) is 4.99 Å². The number of pyridine rings is 1. The molecular weight excluding hydrogens is 527 g/mol. The number of guanidine groups is 1. The number of benzene rings is 1. The molecule has 33 heavy (non-hydrogen) atoms. The van der Waals surface area contributed by atoms with Crippen LogP contribution >= 0.6 is 24.0 Å². The van der Waals surface area contributed by atoms with Crippen LogP contribution in [0.15, 0.2) is 59.7 Å². The number of nitrogens with zero attached hydrogens (tertiary/aromatic N) is 6. The van der Waals surface area contributed by atoms with Crippen LogP contribution in [-0.2, 0) is 6.54 Å². The first-order valence-electron chi connectivity index (χ1n) is 11.7. The number of fused-ring (bicyclic) bond motifs is 1. The molecule has 9 heteroatoms. The van der Waals surface area contributed by atoms with Crippen LogP contribution in [0, 0.1) is 0 Å². The SMILES string of the molecule is CCNC(=NCc1nnc2ccccn12)NCCCCN1CCN(c2ccccc2)CC1.I. The van der Waals surface area contributed by atoms with Crippen molar-refractivity contribution in [3.63, 3.8) is 0 Å². The third kappa shape index (κ3) is 7.29. The van der Waals surface area contributed by atoms with Gasteiger partial charge in [-0.15, -0.1) is 34.2 Å². The minimum Gasteiger partial charge on any atom is -0.369 e. The number of aliphatic imine (C=N–C) groups is 1. The molecule has 8 nitrogen and oxygen atoms in total. The predicted molar refractivity (Wildman–Crippen MR) is 146 cm³/mol. The summed E-state index contributed by atoms with van der Waals surface area (Å²) in [6, 6.07) is 16.6. The van der Waals surface area contributed by atoms with Crippen molar-refractivity contribution in [2.45, 2.75) is 26.3 Å². The third-order valence-electron chi connectivity index (χ3n) is 5.79. The van der Waals surface area contributed by atoms with E-state index in [2.05, 4.69) is 72.9 Å². The molecule has 2 N–H and O–H groups in total. The van der Waals surface area contributed by atoms with E-state index < -0.39 is 0 Å². The van der Waals surface area contributed by atoms with E-state index in [1.165, 1.54) is 12.1 Å². The third-order valence-corrected chi connectivity index (χ3v) is 5.79. The fraction of sp³-hybridized carbons (Fsp3) is 0.458. The van der Waals surface area contributed by atoms with Gasteiger partial charge in [0.15, 0.2) is 17.4 Å². The molecule has 1 aromatic carbocycles. The molecule has 4 rings (SSSR count). The van der Waals surface area contributed by atoms with Crippen molar-refractivity contribution < 1.29 is 0 Å². The highest BCUT2D eigenvalue weighted by molar-refractivity contribution is 14.0. The number of para-hydroxylation sites is 1. The molecule has 0 radical (unpaired) electrons. The van der Waals surface area contributed by atoms with E-state index in [9.17, 15) is 0 Å². The van der Waals surface area contributed by atoms with Gasteiger partial charge in [-0.1, -0.05) is 24.3 Å². The Morgan fingerprint density at radius 3 is 2.52 bits per heavy atom. The highest BCUT2D eigenvalue weighted by Gasteiger charge is 2.16. The van der Waals surface area contributed by atoms with Gasteiger partial charge in [0.25, 0.3) is 0 Å². The summed E-state index contributed by atoms with van der Waals surface area (Å²) in [6.07, 6.45) is 4.28. The van der Waals surface area contributed by atoms with E-state index in [1.54, 1.807) is 0 Å². The van der Waals surface area contributed by atoms with Crippen LogP contribution in [0.3, 0.4) is 0 Å². The number of aromatic nitrogens is 3. The van der Waals surface area contributed by atoms with Crippen LogP contribution in [0.5, 0.6) is 0 Å². The van der Waals surface area contributed by atoms with Crippen molar-refractivity contribution in [1.29, 1.82) is 0 Å². The molecule has 0 bridgehead atoms. The normalized spacial score (nSPS) is 14.8. The van der Waals surface area contributed by atoms with Crippen LogP contribution in [0.4, 0.5) is 5.69 Å². The average molecular weight is 563 g/mol. The van der Waals surface area contributed by atoms with Gasteiger partial charge in [0, 0.05) is 51.2 Å². The lowest BCUT2D eigenvalue weighted by molar-refractivity contribution is 0.253. The molecule has 0 spiro atoms. The molecular formula is C24H35IN8. The Morgan fingerprint density at radius 1 is 0.939 bits per heavy atom. The average Bonchev–Trinajstić information content (AvgIpc) is 3.26. The zero-order valence-corrected chi connectivity index (χ0v) is 21.7. The summed E-state index contributed by atoms with van der Waals surface area (Å²) >= 11 is 0. The predicted octanol–water partition coefficient (Wildman–Crippen LogP) is 3.00. The highest BCUT2D eigenvalue weighted by atomic mass is 127. The number of piperazine rings is 1. The van der Waals surface area contributed by atoms with E-state index in [0.29, 0.717) is 6.54 Å². The molecule has 178 valence electrons. The number of nitrogens with one attached hydrogen (secondary N) is 2. The number of halogens is 1. The Balaban J connectivity index is 0.00000306. The van der Waals surface area contributed by atoms with E-state index in [1.807, 2.05) is 28.8 Å². The number of anilines is 1. The molecule has 0 aliphatic carbocycles. The molecule has 1 aliphatic rings. The molecule has 0 unspecified atom stereocenters. The standard InChI is InChI=1S/C24H34N8.HI/c1-2-25-24(27-20-23-29-28-22-12-6-8-15-32(22)23)26-13-7-9-14-30-16-18-31(19-17-30)21-10-4-3-5-11-21;/h3-6,8,10-12,15H,2,7,9,13-14,16-20H2,1H3,(H2,25,26,27);1H. The zero-order chi connectivity index (χ0) is 22.0. The molecule has 0 atom stereocenters. The van der Waals surface area contributed by atoms with Gasteiger partial charge in [0.2, 0.25) is 0 Å². The largest absolute Gasteiger partial charge is 0.369 e. The lowest BCUT2D eigenvalue weighted by atomic mass is 10.2. The maximum absolute atomic E-state index is 4.69. The summed E-state index contributed by atoms with van der Waals surface area (Å²) in [5, 5.41) is 15.2. The minimum atomic E-state index is 0. The van der Waals surface area contributed by atoms with Crippen molar-refractivity contribution in [2.24, 2.45) is 4.99 Å². The first-order chi connectivity index (χ1) is 15.8. The van der Waals surface area contributed by atoms with Crippen LogP contribution in [0.25, 0.3) is 5.65 Å². The smallest absolute Gasteiger partial charge is 0.191 e. The van der Waals surface area contributed by atoms with E-state index in [4.69, 9.17) is 0 Å². The summed E-state index contributed by atoms with van der Waals surface area (Å²) in [5.41, 5.74) is 2.19. The number of unbranched alkanes of at least 4 members (excludes halogenated alkanes) is 1. The summed E-state index contributed by atoms with van der Waals surface area (Å²) in [4.78, 5) is 9.75. The van der Waals surface area contributed by atoms with E-state index >= 15 is 0 Å². The fourth-order valence-corrected chi connectivity index (χ4v) is 4.03. The Morgan fingerprint density at radius 2 is 1.73 bits per heavy atom. The lowest BCUT2D eigenvalue weighted by Crippen LogP contribution is -2.46. The molecule has 2 aromatic heterocycles. The van der Waals surface area contributed by atoms with Crippen LogP contribution in [0.1, 0.15) is 25.6 Å². The van der Waals surface area contributed by atoms with Crippen molar-refractivity contribution in [1.82, 2.24) is 30.1 Å². The van der Waals surface area contributed by atoms with Crippen LogP contribution in [0.2, 0.25) is 0 Å². The molecule has 1 aliphatic heterocycles. The number of hydrogen-bond acceptors (Lipinski definition) is 5. The van der Waals surface area contributed by atoms with E-state index in [0.717, 1.165) is 69.7 Å². The van der Waals surface area contributed by atoms with Gasteiger partial charge in [0.05, 0.1) is 0 Å². The molecule has 0 saturated carbocycles. The number of rotatable bonds is 9. The lowest BCUT2D eigenvalue weighted by Gasteiger charge is -2.36. The van der Waals surface area contributed by atoms with Gasteiger partial charge in [-0.05, 0) is 50.6 Å². The van der Waals surface area contributed by atoms with Crippen LogP contribution < -0.4 is 15.5 Å². The van der Waals surface area contributed by atoms with Crippen molar-refractivity contribution in [2.75, 3.05) is 50.7 Å². The summed E-state index contributed by atoms with van der Waals surface area (Å²) < 4.78 is 1.98. The number of hydrogen-bond donors (Lipinski definition) is 2. The van der Waals surface area contributed by atoms with Crippen molar-refractivity contribution >= 4 is 41.3 Å². The second-order valence-corrected chi connectivity index (χ2v) is 8.04. The highest BCUT2D eigenvalue weighted by Crippen LogP contribution is 2.15. The quantitative estimate of drug-likeness (QED) is 0.181. The second-order valence-electron chi connectivity index (χ2n) is 8.04. The molecule has 3 aromatic rings. The maximum atomic E-state index is 4.69. The van der Waals surface area contributed by atoms with Gasteiger partial charge < -0.3 is 15.5 Å². The Bertz CT molecular complexity index is 982. The monoisotopic (exact) mass is 562 g/mol. The second kappa shape index (κ2) is 13.3. The Hall–Kier alpha value is -2.40. The first kappa shape index (κ1) is 25.2. The Labute approximate surface area is 213 Å². The molecule has 3 heterocycles. The summed E-state index contributed by atoms with van der Waals surface area (Å²) in [6.45, 7) is 9.97. The molecule has 1 fully saturated rings. The maximum Gasteiger partial charge on any atom is 0.191 e.